The standard InChI is InChI=1S/C7H10O3.C7H12O2.H4Si/c1-5(2)7(8)10-4-6-3-9-6;1-3-5-6-9-7(8)4-2;/h6H,1,3-4H2,2H3;4H,2-3,5-6H2,1H3;1H4. The lowest BCUT2D eigenvalue weighted by molar-refractivity contribution is -0.139. The van der Waals surface area contributed by atoms with Gasteiger partial charge in [0.1, 0.15) is 12.7 Å². The Morgan fingerprint density at radius 3 is 2.40 bits per heavy atom. The van der Waals surface area contributed by atoms with E-state index in [-0.39, 0.29) is 29.0 Å². The van der Waals surface area contributed by atoms with Crippen molar-refractivity contribution in [2.24, 2.45) is 0 Å². The lowest BCUT2D eigenvalue weighted by Crippen LogP contribution is -2.09. The topological polar surface area (TPSA) is 65.1 Å². The molecular formula is C14H26O5Si. The minimum atomic E-state index is -0.337. The molecular weight excluding hydrogens is 276 g/mol. The average Bonchev–Trinajstić information content (AvgIpc) is 3.20. The van der Waals surface area contributed by atoms with E-state index in [9.17, 15) is 9.59 Å². The molecule has 1 atom stereocenters. The minimum absolute atomic E-state index is 0. The molecule has 0 saturated carbocycles. The van der Waals surface area contributed by atoms with Crippen molar-refractivity contribution in [2.75, 3.05) is 19.8 Å². The first-order valence-electron chi connectivity index (χ1n) is 6.24. The van der Waals surface area contributed by atoms with Gasteiger partial charge in [-0.25, -0.2) is 9.59 Å². The van der Waals surface area contributed by atoms with E-state index in [1.165, 1.54) is 6.08 Å². The van der Waals surface area contributed by atoms with E-state index in [1.807, 2.05) is 6.92 Å². The maximum absolute atomic E-state index is 10.7. The van der Waals surface area contributed by atoms with E-state index >= 15 is 0 Å². The molecule has 6 heteroatoms. The summed E-state index contributed by atoms with van der Waals surface area (Å²) in [4.78, 5) is 21.0. The maximum Gasteiger partial charge on any atom is 0.333 e. The number of carbonyl (C=O) groups is 2. The third kappa shape index (κ3) is 13.0. The largest absolute Gasteiger partial charge is 0.463 e. The highest BCUT2D eigenvalue weighted by molar-refractivity contribution is 5.86. The minimum Gasteiger partial charge on any atom is -0.463 e. The fourth-order valence-electron chi connectivity index (χ4n) is 0.832. The predicted molar refractivity (Wildman–Crippen MR) is 82.9 cm³/mol. The summed E-state index contributed by atoms with van der Waals surface area (Å²) in [5.41, 5.74) is 0.431. The average molecular weight is 302 g/mol. The Balaban J connectivity index is 0. The van der Waals surface area contributed by atoms with Gasteiger partial charge in [0.05, 0.1) is 13.2 Å². The van der Waals surface area contributed by atoms with Gasteiger partial charge in [0.15, 0.2) is 0 Å². The summed E-state index contributed by atoms with van der Waals surface area (Å²) in [6.45, 7) is 12.0. The van der Waals surface area contributed by atoms with E-state index in [0.29, 0.717) is 25.4 Å². The Labute approximate surface area is 125 Å². The smallest absolute Gasteiger partial charge is 0.333 e. The Morgan fingerprint density at radius 1 is 1.40 bits per heavy atom. The fourth-order valence-corrected chi connectivity index (χ4v) is 0.832. The molecule has 1 fully saturated rings. The maximum atomic E-state index is 10.7. The third-order valence-electron chi connectivity index (χ3n) is 2.06. The second-order valence-electron chi connectivity index (χ2n) is 4.06. The molecule has 0 spiro atoms. The summed E-state index contributed by atoms with van der Waals surface area (Å²) < 4.78 is 14.3. The highest BCUT2D eigenvalue weighted by atomic mass is 28.1. The van der Waals surface area contributed by atoms with E-state index in [0.717, 1.165) is 12.8 Å². The second-order valence-corrected chi connectivity index (χ2v) is 4.06. The number of ether oxygens (including phenoxy) is 3. The molecule has 0 aromatic heterocycles. The van der Waals surface area contributed by atoms with Crippen LogP contribution >= 0.6 is 0 Å². The van der Waals surface area contributed by atoms with Gasteiger partial charge >= 0.3 is 11.9 Å². The Kier molecular flexibility index (Phi) is 13.2. The molecule has 1 aliphatic rings. The van der Waals surface area contributed by atoms with Crippen molar-refractivity contribution in [2.45, 2.75) is 32.8 Å². The highest BCUT2D eigenvalue weighted by Gasteiger charge is 2.24. The fraction of sp³-hybridized carbons (Fsp3) is 0.571. The first kappa shape index (κ1) is 20.9. The number of esters is 2. The molecule has 1 rings (SSSR count). The lowest BCUT2D eigenvalue weighted by Gasteiger charge is -1.99. The molecule has 1 heterocycles. The van der Waals surface area contributed by atoms with Gasteiger partial charge in [0, 0.05) is 11.6 Å². The first-order valence-corrected chi connectivity index (χ1v) is 6.24. The van der Waals surface area contributed by atoms with Crippen molar-refractivity contribution < 1.29 is 23.8 Å². The number of carbonyl (C=O) groups excluding carboxylic acids is 2. The highest BCUT2D eigenvalue weighted by Crippen LogP contribution is 2.09. The molecule has 1 unspecified atom stereocenters. The van der Waals surface area contributed by atoms with Crippen LogP contribution in [0.4, 0.5) is 0 Å². The van der Waals surface area contributed by atoms with Crippen LogP contribution < -0.4 is 0 Å². The van der Waals surface area contributed by atoms with Crippen LogP contribution in [0.25, 0.3) is 0 Å². The normalized spacial score (nSPS) is 14.8. The van der Waals surface area contributed by atoms with Crippen LogP contribution in [0.5, 0.6) is 0 Å². The summed E-state index contributed by atoms with van der Waals surface area (Å²) in [6, 6.07) is 0. The number of hydrogen-bond acceptors (Lipinski definition) is 5. The molecule has 5 nitrogen and oxygen atoms in total. The van der Waals surface area contributed by atoms with Crippen molar-refractivity contribution in [3.05, 3.63) is 24.8 Å². The van der Waals surface area contributed by atoms with Crippen molar-refractivity contribution in [1.82, 2.24) is 0 Å². The zero-order valence-electron chi connectivity index (χ0n) is 11.6. The number of rotatable bonds is 7. The third-order valence-corrected chi connectivity index (χ3v) is 2.06. The molecule has 116 valence electrons. The Morgan fingerprint density at radius 2 is 2.00 bits per heavy atom. The molecule has 0 aromatic rings. The number of epoxide rings is 1. The first-order chi connectivity index (χ1) is 9.01. The van der Waals surface area contributed by atoms with Gasteiger partial charge in [-0.15, -0.1) is 0 Å². The summed E-state index contributed by atoms with van der Waals surface area (Å²) >= 11 is 0. The second kappa shape index (κ2) is 12.6. The van der Waals surface area contributed by atoms with Crippen molar-refractivity contribution >= 4 is 22.9 Å². The Hall–Kier alpha value is -1.40. The van der Waals surface area contributed by atoms with E-state index in [2.05, 4.69) is 17.9 Å². The van der Waals surface area contributed by atoms with E-state index < -0.39 is 0 Å². The molecule has 0 aliphatic carbocycles. The molecule has 0 bridgehead atoms. The molecule has 0 aromatic carbocycles. The van der Waals surface area contributed by atoms with Crippen LogP contribution in [0.15, 0.2) is 24.8 Å². The molecule has 0 amide bonds. The van der Waals surface area contributed by atoms with E-state index in [1.54, 1.807) is 6.92 Å². The van der Waals surface area contributed by atoms with Crippen molar-refractivity contribution in [3.63, 3.8) is 0 Å². The van der Waals surface area contributed by atoms with Gasteiger partial charge in [-0.05, 0) is 24.3 Å². The van der Waals surface area contributed by atoms with Crippen LogP contribution in [0, 0.1) is 0 Å². The van der Waals surface area contributed by atoms with Crippen LogP contribution in [0.1, 0.15) is 26.7 Å². The summed E-state index contributed by atoms with van der Waals surface area (Å²) in [5, 5.41) is 0. The SMILES string of the molecule is C=C(C)C(=O)OCC1CO1.C=CC(=O)OCCCC.[SiH4]. The summed E-state index contributed by atoms with van der Waals surface area (Å²) in [7, 11) is 0. The summed E-state index contributed by atoms with van der Waals surface area (Å²) in [6.07, 6.45) is 3.29. The molecule has 0 radical (unpaired) electrons. The zero-order valence-corrected chi connectivity index (χ0v) is 11.6. The van der Waals surface area contributed by atoms with Crippen LogP contribution in [-0.4, -0.2) is 48.8 Å². The van der Waals surface area contributed by atoms with Gasteiger partial charge in [-0.2, -0.15) is 0 Å². The molecule has 1 aliphatic heterocycles. The van der Waals surface area contributed by atoms with Crippen molar-refractivity contribution in [1.29, 1.82) is 0 Å². The monoisotopic (exact) mass is 302 g/mol. The van der Waals surface area contributed by atoms with Crippen LogP contribution in [-0.2, 0) is 23.8 Å². The van der Waals surface area contributed by atoms with Gasteiger partial charge in [0.2, 0.25) is 0 Å². The van der Waals surface area contributed by atoms with Gasteiger partial charge < -0.3 is 14.2 Å². The quantitative estimate of drug-likeness (QED) is 0.226. The lowest BCUT2D eigenvalue weighted by atomic mass is 10.4. The van der Waals surface area contributed by atoms with Crippen LogP contribution in [0.2, 0.25) is 0 Å². The molecule has 1 saturated heterocycles. The predicted octanol–water partition coefficient (Wildman–Crippen LogP) is 0.569. The number of unbranched alkanes of at least 4 members (excludes halogenated alkanes) is 1. The summed E-state index contributed by atoms with van der Waals surface area (Å²) in [5.74, 6) is -0.668. The molecule has 20 heavy (non-hydrogen) atoms. The van der Waals surface area contributed by atoms with E-state index in [4.69, 9.17) is 9.47 Å². The van der Waals surface area contributed by atoms with Gasteiger partial charge in [-0.3, -0.25) is 0 Å². The van der Waals surface area contributed by atoms with Gasteiger partial charge in [-0.1, -0.05) is 26.5 Å². The zero-order chi connectivity index (χ0) is 14.7. The Bertz CT molecular complexity index is 324. The van der Waals surface area contributed by atoms with Crippen molar-refractivity contribution in [3.8, 4) is 0 Å². The number of hydrogen-bond donors (Lipinski definition) is 0. The molecule has 0 N–H and O–H groups in total. The van der Waals surface area contributed by atoms with Crippen LogP contribution in [0.3, 0.4) is 0 Å². The van der Waals surface area contributed by atoms with Gasteiger partial charge in [0.25, 0.3) is 0 Å².